The largest absolute Gasteiger partial charge is 0.457 e. The van der Waals surface area contributed by atoms with E-state index in [-0.39, 0.29) is 30.1 Å². The van der Waals surface area contributed by atoms with Crippen LogP contribution in [0.4, 0.5) is 5.69 Å². The lowest BCUT2D eigenvalue weighted by atomic mass is 9.87. The highest BCUT2D eigenvalue weighted by Gasteiger charge is 2.30. The smallest absolute Gasteiger partial charge is 0.234 e. The average molecular weight is 323 g/mol. The van der Waals surface area contributed by atoms with Gasteiger partial charge in [0.1, 0.15) is 11.5 Å². The number of hydrogen-bond acceptors (Lipinski definition) is 3. The van der Waals surface area contributed by atoms with E-state index in [0.29, 0.717) is 11.4 Å². The molecule has 0 atom stereocenters. The van der Waals surface area contributed by atoms with Gasteiger partial charge in [0, 0.05) is 12.8 Å². The topological polar surface area (TPSA) is 46.6 Å². The van der Waals surface area contributed by atoms with Crippen molar-refractivity contribution in [1.29, 1.82) is 0 Å². The number of ether oxygens (including phenoxy) is 1. The molecule has 0 aliphatic carbocycles. The van der Waals surface area contributed by atoms with Gasteiger partial charge in [-0.25, -0.2) is 0 Å². The lowest BCUT2D eigenvalue weighted by molar-refractivity contribution is -0.121. The second kappa shape index (κ2) is 6.11. The van der Waals surface area contributed by atoms with Crippen molar-refractivity contribution in [3.63, 3.8) is 0 Å². The zero-order chi connectivity index (χ0) is 17.3. The molecule has 1 heterocycles. The third-order valence-electron chi connectivity index (χ3n) is 4.10. The highest BCUT2D eigenvalue weighted by molar-refractivity contribution is 6.19. The molecule has 0 bridgehead atoms. The molecule has 4 nitrogen and oxygen atoms in total. The van der Waals surface area contributed by atoms with Gasteiger partial charge in [0.2, 0.25) is 11.8 Å². The number of carbonyl (C=O) groups excluding carboxylic acids is 2. The Hall–Kier alpha value is -2.62. The summed E-state index contributed by atoms with van der Waals surface area (Å²) in [5.41, 5.74) is 1.95. The van der Waals surface area contributed by atoms with Gasteiger partial charge in [-0.15, -0.1) is 0 Å². The molecular formula is C20H21NO3. The molecule has 0 unspecified atom stereocenters. The van der Waals surface area contributed by atoms with Crippen LogP contribution < -0.4 is 9.64 Å². The molecule has 1 saturated heterocycles. The predicted molar refractivity (Wildman–Crippen MR) is 93.4 cm³/mol. The highest BCUT2D eigenvalue weighted by Crippen LogP contribution is 2.29. The van der Waals surface area contributed by atoms with Crippen LogP contribution in [0.2, 0.25) is 0 Å². The molecule has 0 aromatic heterocycles. The molecular weight excluding hydrogens is 302 g/mol. The Morgan fingerprint density at radius 1 is 0.792 bits per heavy atom. The summed E-state index contributed by atoms with van der Waals surface area (Å²) in [7, 11) is 0. The first-order valence-corrected chi connectivity index (χ1v) is 8.09. The van der Waals surface area contributed by atoms with Gasteiger partial charge < -0.3 is 4.74 Å². The maximum Gasteiger partial charge on any atom is 0.234 e. The Labute approximate surface area is 142 Å². The number of amides is 2. The molecule has 0 saturated carbocycles. The summed E-state index contributed by atoms with van der Waals surface area (Å²) in [6, 6.07) is 15.0. The van der Waals surface area contributed by atoms with Crippen LogP contribution in [0.15, 0.2) is 48.5 Å². The van der Waals surface area contributed by atoms with E-state index in [4.69, 9.17) is 4.74 Å². The lowest BCUT2D eigenvalue weighted by Crippen LogP contribution is -2.28. The normalized spacial score (nSPS) is 15.0. The number of hydrogen-bond donors (Lipinski definition) is 0. The molecule has 4 heteroatoms. The molecule has 124 valence electrons. The Morgan fingerprint density at radius 2 is 1.25 bits per heavy atom. The fourth-order valence-electron chi connectivity index (χ4n) is 2.69. The maximum absolute atomic E-state index is 11.7. The molecule has 3 rings (SSSR count). The second-order valence-corrected chi connectivity index (χ2v) is 6.99. The van der Waals surface area contributed by atoms with Gasteiger partial charge in [-0.3, -0.25) is 14.5 Å². The molecule has 1 aliphatic heterocycles. The van der Waals surface area contributed by atoms with Gasteiger partial charge in [0.05, 0.1) is 5.69 Å². The Balaban J connectivity index is 1.72. The third-order valence-corrected chi connectivity index (χ3v) is 4.10. The number of nitrogens with zero attached hydrogens (tertiary/aromatic N) is 1. The van der Waals surface area contributed by atoms with Crippen LogP contribution in [0, 0.1) is 0 Å². The summed E-state index contributed by atoms with van der Waals surface area (Å²) < 4.78 is 5.83. The van der Waals surface area contributed by atoms with E-state index in [1.165, 1.54) is 10.5 Å². The van der Waals surface area contributed by atoms with Crippen LogP contribution in [-0.2, 0) is 15.0 Å². The van der Waals surface area contributed by atoms with Gasteiger partial charge in [-0.05, 0) is 47.4 Å². The third kappa shape index (κ3) is 3.32. The SMILES string of the molecule is CC(C)(C)c1ccc(Oc2ccc(N3C(=O)CCC3=O)cc2)cc1. The molecule has 0 spiro atoms. The number of carbonyl (C=O) groups is 2. The molecule has 24 heavy (non-hydrogen) atoms. The van der Waals surface area contributed by atoms with Crippen molar-refractivity contribution < 1.29 is 14.3 Å². The Morgan fingerprint density at radius 3 is 1.71 bits per heavy atom. The van der Waals surface area contributed by atoms with E-state index in [9.17, 15) is 9.59 Å². The van der Waals surface area contributed by atoms with Crippen molar-refractivity contribution in [1.82, 2.24) is 0 Å². The zero-order valence-electron chi connectivity index (χ0n) is 14.2. The second-order valence-electron chi connectivity index (χ2n) is 6.99. The van der Waals surface area contributed by atoms with Crippen LogP contribution in [0.1, 0.15) is 39.2 Å². The van der Waals surface area contributed by atoms with Crippen LogP contribution >= 0.6 is 0 Å². The molecule has 0 N–H and O–H groups in total. The van der Waals surface area contributed by atoms with Gasteiger partial charge in [-0.2, -0.15) is 0 Å². The van der Waals surface area contributed by atoms with Crippen LogP contribution in [0.3, 0.4) is 0 Å². The minimum absolute atomic E-state index is 0.106. The average Bonchev–Trinajstić information content (AvgIpc) is 2.87. The van der Waals surface area contributed by atoms with Crippen molar-refractivity contribution in [3.05, 3.63) is 54.1 Å². The molecule has 2 aromatic carbocycles. The summed E-state index contributed by atoms with van der Waals surface area (Å²) in [5.74, 6) is 1.13. The van der Waals surface area contributed by atoms with E-state index in [2.05, 4.69) is 32.9 Å². The minimum atomic E-state index is -0.147. The van der Waals surface area contributed by atoms with E-state index in [0.717, 1.165) is 5.75 Å². The minimum Gasteiger partial charge on any atom is -0.457 e. The fourth-order valence-corrected chi connectivity index (χ4v) is 2.69. The number of imide groups is 1. The summed E-state index contributed by atoms with van der Waals surface area (Å²) in [6.07, 6.45) is 0.578. The number of benzene rings is 2. The Kier molecular flexibility index (Phi) is 4.14. The van der Waals surface area contributed by atoms with E-state index in [1.807, 2.05) is 12.1 Å². The van der Waals surface area contributed by atoms with Crippen molar-refractivity contribution in [3.8, 4) is 11.5 Å². The molecule has 1 fully saturated rings. The highest BCUT2D eigenvalue weighted by atomic mass is 16.5. The van der Waals surface area contributed by atoms with Crippen molar-refractivity contribution in [2.45, 2.75) is 39.0 Å². The van der Waals surface area contributed by atoms with E-state index >= 15 is 0 Å². The molecule has 2 amide bonds. The van der Waals surface area contributed by atoms with Crippen molar-refractivity contribution in [2.75, 3.05) is 4.90 Å². The van der Waals surface area contributed by atoms with Crippen LogP contribution in [0.25, 0.3) is 0 Å². The first-order chi connectivity index (χ1) is 11.3. The zero-order valence-corrected chi connectivity index (χ0v) is 14.2. The monoisotopic (exact) mass is 323 g/mol. The standard InChI is InChI=1S/C20H21NO3/c1-20(2,3)14-4-8-16(9-5-14)24-17-10-6-15(7-11-17)21-18(22)12-13-19(21)23/h4-11H,12-13H2,1-3H3. The van der Waals surface area contributed by atoms with Gasteiger partial charge in [0.25, 0.3) is 0 Å². The number of anilines is 1. The van der Waals surface area contributed by atoms with Crippen LogP contribution in [-0.4, -0.2) is 11.8 Å². The molecule has 1 aliphatic rings. The van der Waals surface area contributed by atoms with Crippen LogP contribution in [0.5, 0.6) is 11.5 Å². The van der Waals surface area contributed by atoms with E-state index < -0.39 is 0 Å². The quantitative estimate of drug-likeness (QED) is 0.785. The fraction of sp³-hybridized carbons (Fsp3) is 0.300. The maximum atomic E-state index is 11.7. The summed E-state index contributed by atoms with van der Waals surface area (Å²) in [6.45, 7) is 6.51. The first kappa shape index (κ1) is 16.2. The lowest BCUT2D eigenvalue weighted by Gasteiger charge is -2.19. The predicted octanol–water partition coefficient (Wildman–Crippen LogP) is 4.43. The Bertz CT molecular complexity index is 739. The molecule has 2 aromatic rings. The first-order valence-electron chi connectivity index (χ1n) is 8.09. The molecule has 0 radical (unpaired) electrons. The number of rotatable bonds is 3. The van der Waals surface area contributed by atoms with Gasteiger partial charge in [-0.1, -0.05) is 32.9 Å². The summed E-state index contributed by atoms with van der Waals surface area (Å²) >= 11 is 0. The van der Waals surface area contributed by atoms with Crippen molar-refractivity contribution in [2.24, 2.45) is 0 Å². The van der Waals surface area contributed by atoms with E-state index in [1.54, 1.807) is 24.3 Å². The summed E-state index contributed by atoms with van der Waals surface area (Å²) in [4.78, 5) is 24.7. The summed E-state index contributed by atoms with van der Waals surface area (Å²) in [5, 5.41) is 0. The van der Waals surface area contributed by atoms with Gasteiger partial charge in [0.15, 0.2) is 0 Å². The van der Waals surface area contributed by atoms with Crippen molar-refractivity contribution >= 4 is 17.5 Å². The van der Waals surface area contributed by atoms with Gasteiger partial charge >= 0.3 is 0 Å².